The van der Waals surface area contributed by atoms with Crippen LogP contribution in [0, 0.1) is 12.7 Å². The third-order valence-electron chi connectivity index (χ3n) is 3.58. The Morgan fingerprint density at radius 2 is 2.00 bits per heavy atom. The van der Waals surface area contributed by atoms with Gasteiger partial charge in [-0.25, -0.2) is 4.39 Å². The molecular weight excluding hydrogens is 213 g/mol. The van der Waals surface area contributed by atoms with Crippen molar-refractivity contribution in [3.05, 3.63) is 35.1 Å². The number of hydrogen-bond acceptors (Lipinski definition) is 1. The normalized spacial score (nSPS) is 14.6. The van der Waals surface area contributed by atoms with Crippen molar-refractivity contribution in [1.29, 1.82) is 0 Å². The quantitative estimate of drug-likeness (QED) is 0.796. The van der Waals surface area contributed by atoms with Crippen LogP contribution in [0.3, 0.4) is 0 Å². The minimum atomic E-state index is -0.168. The molecular formula is C15H24FN. The highest BCUT2D eigenvalue weighted by molar-refractivity contribution is 5.28. The molecule has 0 fully saturated rings. The van der Waals surface area contributed by atoms with E-state index >= 15 is 0 Å². The summed E-state index contributed by atoms with van der Waals surface area (Å²) in [5, 5.41) is 0. The zero-order valence-electron chi connectivity index (χ0n) is 11.2. The molecule has 0 radical (unpaired) electrons. The third-order valence-corrected chi connectivity index (χ3v) is 3.58. The first-order valence-electron chi connectivity index (χ1n) is 6.54. The van der Waals surface area contributed by atoms with E-state index in [4.69, 9.17) is 5.73 Å². The Morgan fingerprint density at radius 3 is 2.53 bits per heavy atom. The number of benzene rings is 1. The predicted molar refractivity (Wildman–Crippen MR) is 71.6 cm³/mol. The molecule has 0 saturated carbocycles. The standard InChI is InChI=1S/C15H24FN/c1-4-6-9-15(17,5-2)11-13-7-8-14(16)10-12(13)3/h7-8,10H,4-6,9,11,17H2,1-3H3. The fraction of sp³-hybridized carbons (Fsp3) is 0.600. The van der Waals surface area contributed by atoms with E-state index in [0.29, 0.717) is 0 Å². The maximum atomic E-state index is 13.0. The maximum absolute atomic E-state index is 13.0. The van der Waals surface area contributed by atoms with Crippen molar-refractivity contribution in [3.8, 4) is 0 Å². The van der Waals surface area contributed by atoms with Crippen molar-refractivity contribution in [3.63, 3.8) is 0 Å². The Balaban J connectivity index is 2.79. The van der Waals surface area contributed by atoms with Crippen molar-refractivity contribution in [1.82, 2.24) is 0 Å². The average molecular weight is 237 g/mol. The van der Waals surface area contributed by atoms with Gasteiger partial charge < -0.3 is 5.73 Å². The summed E-state index contributed by atoms with van der Waals surface area (Å²) in [7, 11) is 0. The van der Waals surface area contributed by atoms with Crippen molar-refractivity contribution in [2.24, 2.45) is 5.73 Å². The van der Waals surface area contributed by atoms with Gasteiger partial charge in [-0.15, -0.1) is 0 Å². The Kier molecular flexibility index (Phi) is 5.13. The van der Waals surface area contributed by atoms with Crippen molar-refractivity contribution < 1.29 is 4.39 Å². The van der Waals surface area contributed by atoms with Gasteiger partial charge in [0.25, 0.3) is 0 Å². The lowest BCUT2D eigenvalue weighted by atomic mass is 9.83. The number of rotatable bonds is 6. The first-order valence-corrected chi connectivity index (χ1v) is 6.54. The van der Waals surface area contributed by atoms with Crippen LogP contribution in [0.25, 0.3) is 0 Å². The van der Waals surface area contributed by atoms with Gasteiger partial charge in [0, 0.05) is 5.54 Å². The Morgan fingerprint density at radius 1 is 1.29 bits per heavy atom. The summed E-state index contributed by atoms with van der Waals surface area (Å²) in [6.07, 6.45) is 5.17. The van der Waals surface area contributed by atoms with Crippen molar-refractivity contribution in [2.45, 2.75) is 58.4 Å². The molecule has 1 aromatic carbocycles. The molecule has 0 amide bonds. The van der Waals surface area contributed by atoms with E-state index in [-0.39, 0.29) is 11.4 Å². The molecule has 0 heterocycles. The van der Waals surface area contributed by atoms with Crippen LogP contribution in [-0.4, -0.2) is 5.54 Å². The van der Waals surface area contributed by atoms with E-state index in [1.54, 1.807) is 6.07 Å². The van der Waals surface area contributed by atoms with Gasteiger partial charge in [-0.05, 0) is 49.4 Å². The molecule has 17 heavy (non-hydrogen) atoms. The molecule has 2 heteroatoms. The van der Waals surface area contributed by atoms with Gasteiger partial charge in [0.1, 0.15) is 5.82 Å². The highest BCUT2D eigenvalue weighted by atomic mass is 19.1. The molecule has 1 nitrogen and oxygen atoms in total. The summed E-state index contributed by atoms with van der Waals surface area (Å²) in [6.45, 7) is 6.27. The van der Waals surface area contributed by atoms with Gasteiger partial charge in [-0.1, -0.05) is 32.8 Å². The van der Waals surface area contributed by atoms with Crippen molar-refractivity contribution in [2.75, 3.05) is 0 Å². The molecule has 0 saturated heterocycles. The molecule has 1 atom stereocenters. The lowest BCUT2D eigenvalue weighted by molar-refractivity contribution is 0.364. The Bertz CT molecular complexity index is 362. The van der Waals surface area contributed by atoms with Crippen LogP contribution in [0.5, 0.6) is 0 Å². The van der Waals surface area contributed by atoms with Crippen LogP contribution in [0.4, 0.5) is 4.39 Å². The van der Waals surface area contributed by atoms with Gasteiger partial charge in [0.15, 0.2) is 0 Å². The molecule has 0 aromatic heterocycles. The van der Waals surface area contributed by atoms with E-state index in [2.05, 4.69) is 13.8 Å². The summed E-state index contributed by atoms with van der Waals surface area (Å²) in [5.41, 5.74) is 8.47. The molecule has 0 spiro atoms. The second kappa shape index (κ2) is 6.15. The van der Waals surface area contributed by atoms with Crippen molar-refractivity contribution >= 4 is 0 Å². The monoisotopic (exact) mass is 237 g/mol. The largest absolute Gasteiger partial charge is 0.325 e. The van der Waals surface area contributed by atoms with E-state index in [1.807, 2.05) is 13.0 Å². The average Bonchev–Trinajstić information content (AvgIpc) is 2.30. The number of unbranched alkanes of at least 4 members (excludes halogenated alkanes) is 1. The summed E-state index contributed by atoms with van der Waals surface area (Å²) < 4.78 is 13.0. The van der Waals surface area contributed by atoms with Gasteiger partial charge >= 0.3 is 0 Å². The van der Waals surface area contributed by atoms with Crippen LogP contribution in [-0.2, 0) is 6.42 Å². The van der Waals surface area contributed by atoms with Gasteiger partial charge in [-0.2, -0.15) is 0 Å². The Hall–Kier alpha value is -0.890. The van der Waals surface area contributed by atoms with Crippen LogP contribution >= 0.6 is 0 Å². The summed E-state index contributed by atoms with van der Waals surface area (Å²) in [6, 6.07) is 4.98. The van der Waals surface area contributed by atoms with Crippen LogP contribution in [0.2, 0.25) is 0 Å². The minimum Gasteiger partial charge on any atom is -0.325 e. The maximum Gasteiger partial charge on any atom is 0.123 e. The number of hydrogen-bond donors (Lipinski definition) is 1. The fourth-order valence-corrected chi connectivity index (χ4v) is 2.16. The molecule has 1 rings (SSSR count). The molecule has 0 aliphatic heterocycles. The molecule has 0 aliphatic rings. The molecule has 2 N–H and O–H groups in total. The first kappa shape index (κ1) is 14.2. The van der Waals surface area contributed by atoms with E-state index in [0.717, 1.165) is 31.2 Å². The fourth-order valence-electron chi connectivity index (χ4n) is 2.16. The van der Waals surface area contributed by atoms with Crippen LogP contribution in [0.1, 0.15) is 50.7 Å². The molecule has 0 aliphatic carbocycles. The predicted octanol–water partition coefficient (Wildman–Crippen LogP) is 3.97. The van der Waals surface area contributed by atoms with Gasteiger partial charge in [0.05, 0.1) is 0 Å². The highest BCUT2D eigenvalue weighted by Gasteiger charge is 2.23. The third kappa shape index (κ3) is 4.12. The smallest absolute Gasteiger partial charge is 0.123 e. The summed E-state index contributed by atoms with van der Waals surface area (Å²) in [5.74, 6) is -0.168. The number of nitrogens with two attached hydrogens (primary N) is 1. The lowest BCUT2D eigenvalue weighted by Crippen LogP contribution is -2.41. The van der Waals surface area contributed by atoms with Crippen LogP contribution < -0.4 is 5.73 Å². The zero-order valence-corrected chi connectivity index (χ0v) is 11.2. The highest BCUT2D eigenvalue weighted by Crippen LogP contribution is 2.23. The molecule has 1 aromatic rings. The van der Waals surface area contributed by atoms with Gasteiger partial charge in [-0.3, -0.25) is 0 Å². The topological polar surface area (TPSA) is 26.0 Å². The zero-order chi connectivity index (χ0) is 12.9. The number of halogens is 1. The SMILES string of the molecule is CCCCC(N)(CC)Cc1ccc(F)cc1C. The Labute approximate surface area is 104 Å². The molecule has 96 valence electrons. The van der Waals surface area contributed by atoms with Gasteiger partial charge in [0.2, 0.25) is 0 Å². The first-order chi connectivity index (χ1) is 8.00. The van der Waals surface area contributed by atoms with E-state index < -0.39 is 0 Å². The van der Waals surface area contributed by atoms with Crippen LogP contribution in [0.15, 0.2) is 18.2 Å². The summed E-state index contributed by atoms with van der Waals surface area (Å²) in [4.78, 5) is 0. The second-order valence-electron chi connectivity index (χ2n) is 5.07. The van der Waals surface area contributed by atoms with E-state index in [9.17, 15) is 4.39 Å². The lowest BCUT2D eigenvalue weighted by Gasteiger charge is -2.29. The second-order valence-corrected chi connectivity index (χ2v) is 5.07. The minimum absolute atomic E-state index is 0.140. The summed E-state index contributed by atoms with van der Waals surface area (Å²) >= 11 is 0. The van der Waals surface area contributed by atoms with E-state index in [1.165, 1.54) is 18.1 Å². The molecule has 1 unspecified atom stereocenters. The molecule has 0 bridgehead atoms. The number of aryl methyl sites for hydroxylation is 1.